The lowest BCUT2D eigenvalue weighted by atomic mass is 9.92. The first kappa shape index (κ1) is 22.5. The molecule has 148 valence electrons. The Kier molecular flexibility index (Phi) is 10.7. The van der Waals surface area contributed by atoms with Crippen molar-refractivity contribution >= 4 is 5.78 Å². The summed E-state index contributed by atoms with van der Waals surface area (Å²) in [6.07, 6.45) is 0.285. The van der Waals surface area contributed by atoms with Gasteiger partial charge in [0, 0.05) is 6.42 Å². The molecule has 1 unspecified atom stereocenters. The van der Waals surface area contributed by atoms with Crippen LogP contribution >= 0.6 is 0 Å². The molecule has 5 N–H and O–H groups in total. The second-order valence-corrected chi connectivity index (χ2v) is 6.95. The molecule has 1 saturated heterocycles. The van der Waals surface area contributed by atoms with E-state index >= 15 is 0 Å². The monoisotopic (exact) mass is 362 g/mol. The first-order valence-corrected chi connectivity index (χ1v) is 9.48. The highest BCUT2D eigenvalue weighted by Crippen LogP contribution is 2.23. The van der Waals surface area contributed by atoms with Crippen LogP contribution in [0.15, 0.2) is 0 Å². The number of hydrogen-bond donors (Lipinski definition) is 5. The number of hydrogen-bond acceptors (Lipinski definition) is 7. The Labute approximate surface area is 149 Å². The topological polar surface area (TPSA) is 127 Å². The number of aliphatic hydroxyl groups is 5. The highest BCUT2D eigenvalue weighted by Gasteiger charge is 2.47. The van der Waals surface area contributed by atoms with Crippen molar-refractivity contribution < 1.29 is 35.1 Å². The Morgan fingerprint density at radius 1 is 0.840 bits per heavy atom. The van der Waals surface area contributed by atoms with Crippen molar-refractivity contribution in [2.24, 2.45) is 0 Å². The molecule has 7 nitrogen and oxygen atoms in total. The van der Waals surface area contributed by atoms with Crippen molar-refractivity contribution in [1.82, 2.24) is 0 Å². The summed E-state index contributed by atoms with van der Waals surface area (Å²) in [5.41, 5.74) is 0. The molecule has 6 atom stereocenters. The van der Waals surface area contributed by atoms with Crippen molar-refractivity contribution in [2.75, 3.05) is 0 Å². The predicted octanol–water partition coefficient (Wildman–Crippen LogP) is 0.637. The van der Waals surface area contributed by atoms with E-state index in [-0.39, 0.29) is 6.42 Å². The van der Waals surface area contributed by atoms with E-state index in [9.17, 15) is 30.3 Å². The Morgan fingerprint density at radius 3 is 1.92 bits per heavy atom. The first-order valence-electron chi connectivity index (χ1n) is 9.48. The molecule has 1 aliphatic heterocycles. The van der Waals surface area contributed by atoms with Gasteiger partial charge in [-0.3, -0.25) is 4.79 Å². The number of carbonyl (C=O) groups is 1. The molecule has 0 aliphatic carbocycles. The fraction of sp³-hybridized carbons (Fsp3) is 0.944. The standard InChI is InChI=1S/C18H34O7/c1-2-3-4-5-6-7-8-9-10-11-12(19)13(20)17-15(22)14(21)16(23)18(24)25-17/h13-18,20-24H,2-11H2,1H3/t13?,14-,15-,16+,17+,18-/m0/s1. The minimum absolute atomic E-state index is 0.151. The summed E-state index contributed by atoms with van der Waals surface area (Å²) < 4.78 is 4.88. The summed E-state index contributed by atoms with van der Waals surface area (Å²) in [6.45, 7) is 2.19. The van der Waals surface area contributed by atoms with E-state index in [1.807, 2.05) is 0 Å². The third kappa shape index (κ3) is 7.29. The van der Waals surface area contributed by atoms with E-state index in [0.717, 1.165) is 19.3 Å². The first-order chi connectivity index (χ1) is 11.9. The van der Waals surface area contributed by atoms with Crippen molar-refractivity contribution in [2.45, 2.75) is 108 Å². The molecule has 25 heavy (non-hydrogen) atoms. The van der Waals surface area contributed by atoms with E-state index in [4.69, 9.17) is 4.74 Å². The molecule has 0 amide bonds. The van der Waals surface area contributed by atoms with Crippen LogP contribution in [0.3, 0.4) is 0 Å². The number of carbonyl (C=O) groups excluding carboxylic acids is 1. The van der Waals surface area contributed by atoms with Crippen LogP contribution in [0.5, 0.6) is 0 Å². The number of rotatable bonds is 12. The number of Topliss-reactive ketones (excluding diaryl/α,β-unsaturated/α-hetero) is 1. The SMILES string of the molecule is CCCCCCCCCCCC(=O)C(O)[C@H]1O[C@H](O)[C@H](O)[C@@H](O)[C@@H]1O. The van der Waals surface area contributed by atoms with Gasteiger partial charge in [0.05, 0.1) is 0 Å². The van der Waals surface area contributed by atoms with Crippen LogP contribution in [-0.4, -0.2) is 68.1 Å². The van der Waals surface area contributed by atoms with E-state index in [1.165, 1.54) is 32.1 Å². The Balaban J connectivity index is 2.21. The third-order valence-corrected chi connectivity index (χ3v) is 4.79. The lowest BCUT2D eigenvalue weighted by molar-refractivity contribution is -0.294. The molecule has 7 heteroatoms. The number of ketones is 1. The maximum atomic E-state index is 12.0. The summed E-state index contributed by atoms with van der Waals surface area (Å²) in [6, 6.07) is 0. The Morgan fingerprint density at radius 2 is 1.36 bits per heavy atom. The van der Waals surface area contributed by atoms with Gasteiger partial charge in [0.2, 0.25) is 0 Å². The summed E-state index contributed by atoms with van der Waals surface area (Å²) in [7, 11) is 0. The summed E-state index contributed by atoms with van der Waals surface area (Å²) in [5.74, 6) is -0.497. The molecule has 0 radical (unpaired) electrons. The lowest BCUT2D eigenvalue weighted by Crippen LogP contribution is -2.61. The van der Waals surface area contributed by atoms with Crippen LogP contribution in [-0.2, 0) is 9.53 Å². The molecule has 1 heterocycles. The molecule has 0 saturated carbocycles. The number of unbranched alkanes of at least 4 members (excludes halogenated alkanes) is 8. The normalized spacial score (nSPS) is 31.0. The van der Waals surface area contributed by atoms with Crippen LogP contribution < -0.4 is 0 Å². The minimum Gasteiger partial charge on any atom is -0.387 e. The second kappa shape index (κ2) is 11.9. The number of aliphatic hydroxyl groups excluding tert-OH is 5. The molecule has 1 aliphatic rings. The van der Waals surface area contributed by atoms with Crippen molar-refractivity contribution in [1.29, 1.82) is 0 Å². The minimum atomic E-state index is -1.75. The van der Waals surface area contributed by atoms with E-state index in [2.05, 4.69) is 6.92 Å². The third-order valence-electron chi connectivity index (χ3n) is 4.79. The van der Waals surface area contributed by atoms with E-state index in [0.29, 0.717) is 6.42 Å². The summed E-state index contributed by atoms with van der Waals surface area (Å²) in [4.78, 5) is 12.0. The molecular weight excluding hydrogens is 328 g/mol. The molecule has 0 bridgehead atoms. The zero-order valence-corrected chi connectivity index (χ0v) is 15.1. The molecular formula is C18H34O7. The zero-order valence-electron chi connectivity index (χ0n) is 15.1. The van der Waals surface area contributed by atoms with Gasteiger partial charge in [-0.2, -0.15) is 0 Å². The molecule has 1 fully saturated rings. The second-order valence-electron chi connectivity index (χ2n) is 6.95. The van der Waals surface area contributed by atoms with Gasteiger partial charge in [-0.1, -0.05) is 58.3 Å². The quantitative estimate of drug-likeness (QED) is 0.322. The lowest BCUT2D eigenvalue weighted by Gasteiger charge is -2.39. The van der Waals surface area contributed by atoms with Gasteiger partial charge in [0.1, 0.15) is 30.5 Å². The fourth-order valence-electron chi connectivity index (χ4n) is 3.09. The van der Waals surface area contributed by atoms with Gasteiger partial charge in [0.15, 0.2) is 12.1 Å². The zero-order chi connectivity index (χ0) is 18.8. The molecule has 0 aromatic heterocycles. The van der Waals surface area contributed by atoms with Gasteiger partial charge >= 0.3 is 0 Å². The fourth-order valence-corrected chi connectivity index (χ4v) is 3.09. The predicted molar refractivity (Wildman–Crippen MR) is 91.8 cm³/mol. The molecule has 0 spiro atoms. The van der Waals surface area contributed by atoms with Gasteiger partial charge in [-0.05, 0) is 6.42 Å². The number of ether oxygens (including phenoxy) is 1. The summed E-state index contributed by atoms with van der Waals surface area (Å²) in [5, 5.41) is 48.3. The Bertz CT molecular complexity index is 376. The van der Waals surface area contributed by atoms with Crippen LogP contribution in [0, 0.1) is 0 Å². The van der Waals surface area contributed by atoms with Gasteiger partial charge < -0.3 is 30.3 Å². The largest absolute Gasteiger partial charge is 0.387 e. The molecule has 0 aromatic carbocycles. The molecule has 1 rings (SSSR count). The van der Waals surface area contributed by atoms with Crippen LogP contribution in [0.4, 0.5) is 0 Å². The van der Waals surface area contributed by atoms with Gasteiger partial charge in [-0.15, -0.1) is 0 Å². The van der Waals surface area contributed by atoms with Crippen molar-refractivity contribution in [3.8, 4) is 0 Å². The maximum Gasteiger partial charge on any atom is 0.184 e. The van der Waals surface area contributed by atoms with Crippen molar-refractivity contribution in [3.05, 3.63) is 0 Å². The van der Waals surface area contributed by atoms with Gasteiger partial charge in [-0.25, -0.2) is 0 Å². The van der Waals surface area contributed by atoms with Crippen molar-refractivity contribution in [3.63, 3.8) is 0 Å². The summed E-state index contributed by atoms with van der Waals surface area (Å²) >= 11 is 0. The van der Waals surface area contributed by atoms with Gasteiger partial charge in [0.25, 0.3) is 0 Å². The average Bonchev–Trinajstić information content (AvgIpc) is 2.60. The maximum absolute atomic E-state index is 12.0. The highest BCUT2D eigenvalue weighted by atomic mass is 16.6. The highest BCUT2D eigenvalue weighted by molar-refractivity contribution is 5.83. The van der Waals surface area contributed by atoms with E-state index in [1.54, 1.807) is 0 Å². The smallest absolute Gasteiger partial charge is 0.184 e. The van der Waals surface area contributed by atoms with Crippen LogP contribution in [0.1, 0.15) is 71.1 Å². The van der Waals surface area contributed by atoms with Crippen LogP contribution in [0.2, 0.25) is 0 Å². The molecule has 0 aromatic rings. The Hall–Kier alpha value is -0.570. The van der Waals surface area contributed by atoms with Crippen LogP contribution in [0.25, 0.3) is 0 Å². The average molecular weight is 362 g/mol. The van der Waals surface area contributed by atoms with E-state index < -0.39 is 42.6 Å².